The molecule has 4 nitrogen and oxygen atoms in total. The molecule has 2 rings (SSSR count). The molecule has 0 spiro atoms. The van der Waals surface area contributed by atoms with Crippen LogP contribution in [0.1, 0.15) is 15.9 Å². The van der Waals surface area contributed by atoms with Gasteiger partial charge < -0.3 is 4.74 Å². The zero-order valence-electron chi connectivity index (χ0n) is 9.18. The predicted octanol–water partition coefficient (Wildman–Crippen LogP) is 2.00. The minimum absolute atomic E-state index is 0.587. The Bertz CT molecular complexity index is 517. The lowest BCUT2D eigenvalue weighted by Crippen LogP contribution is -1.99. The van der Waals surface area contributed by atoms with Crippen LogP contribution in [0.2, 0.25) is 0 Å². The Balaban J connectivity index is 2.52. The molecule has 2 aromatic rings. The van der Waals surface area contributed by atoms with Crippen molar-refractivity contribution in [2.24, 2.45) is 0 Å². The topological polar surface area (TPSA) is 44.1 Å². The van der Waals surface area contributed by atoms with Gasteiger partial charge in [-0.3, -0.25) is 4.79 Å². The third kappa shape index (κ3) is 1.82. The first-order chi connectivity index (χ1) is 7.74. The molecular weight excluding hydrogens is 204 g/mol. The summed E-state index contributed by atoms with van der Waals surface area (Å²) in [5.41, 5.74) is 2.48. The van der Waals surface area contributed by atoms with Crippen molar-refractivity contribution < 1.29 is 9.53 Å². The van der Waals surface area contributed by atoms with Crippen molar-refractivity contribution in [2.45, 2.75) is 6.92 Å². The molecule has 4 heteroatoms. The van der Waals surface area contributed by atoms with Crippen LogP contribution in [0.15, 0.2) is 30.6 Å². The third-order valence-electron chi connectivity index (χ3n) is 2.30. The zero-order valence-corrected chi connectivity index (χ0v) is 9.18. The molecule has 1 heterocycles. The van der Waals surface area contributed by atoms with Gasteiger partial charge in [-0.25, -0.2) is 4.68 Å². The second-order valence-corrected chi connectivity index (χ2v) is 3.51. The van der Waals surface area contributed by atoms with Gasteiger partial charge in [0, 0.05) is 11.8 Å². The SMILES string of the molecule is COc1cc(C=O)ccc1-n1cc(C)cn1. The molecule has 0 saturated heterocycles. The number of ether oxygens (including phenoxy) is 1. The van der Waals surface area contributed by atoms with Gasteiger partial charge in [0.1, 0.15) is 17.7 Å². The van der Waals surface area contributed by atoms with E-state index >= 15 is 0 Å². The maximum Gasteiger partial charge on any atom is 0.150 e. The molecule has 0 N–H and O–H groups in total. The number of aromatic nitrogens is 2. The van der Waals surface area contributed by atoms with E-state index in [1.807, 2.05) is 19.2 Å². The van der Waals surface area contributed by atoms with Crippen molar-refractivity contribution in [3.8, 4) is 11.4 Å². The molecule has 0 unspecified atom stereocenters. The van der Waals surface area contributed by atoms with Crippen molar-refractivity contribution in [2.75, 3.05) is 7.11 Å². The molecular formula is C12H12N2O2. The summed E-state index contributed by atoms with van der Waals surface area (Å²) in [7, 11) is 1.57. The highest BCUT2D eigenvalue weighted by Gasteiger charge is 2.07. The maximum atomic E-state index is 10.6. The number of methoxy groups -OCH3 is 1. The van der Waals surface area contributed by atoms with E-state index in [0.717, 1.165) is 17.5 Å². The molecule has 0 fully saturated rings. The third-order valence-corrected chi connectivity index (χ3v) is 2.30. The first-order valence-corrected chi connectivity index (χ1v) is 4.89. The fourth-order valence-corrected chi connectivity index (χ4v) is 1.50. The molecule has 0 atom stereocenters. The first kappa shape index (κ1) is 10.4. The Morgan fingerprint density at radius 3 is 2.81 bits per heavy atom. The van der Waals surface area contributed by atoms with E-state index in [1.165, 1.54) is 0 Å². The van der Waals surface area contributed by atoms with Gasteiger partial charge in [-0.05, 0) is 30.7 Å². The lowest BCUT2D eigenvalue weighted by atomic mass is 10.2. The van der Waals surface area contributed by atoms with Gasteiger partial charge >= 0.3 is 0 Å². The largest absolute Gasteiger partial charge is 0.494 e. The van der Waals surface area contributed by atoms with E-state index in [9.17, 15) is 4.79 Å². The number of carbonyl (C=O) groups is 1. The van der Waals surface area contributed by atoms with Gasteiger partial charge in [-0.1, -0.05) is 0 Å². The van der Waals surface area contributed by atoms with Crippen LogP contribution in [0.3, 0.4) is 0 Å². The minimum Gasteiger partial charge on any atom is -0.494 e. The summed E-state index contributed by atoms with van der Waals surface area (Å²) in [4.78, 5) is 10.6. The number of hydrogen-bond donors (Lipinski definition) is 0. The normalized spacial score (nSPS) is 10.1. The van der Waals surface area contributed by atoms with E-state index in [2.05, 4.69) is 5.10 Å². The highest BCUT2D eigenvalue weighted by molar-refractivity contribution is 5.76. The average molecular weight is 216 g/mol. The maximum absolute atomic E-state index is 10.6. The molecule has 0 amide bonds. The Labute approximate surface area is 93.5 Å². The van der Waals surface area contributed by atoms with Crippen molar-refractivity contribution in [1.29, 1.82) is 0 Å². The summed E-state index contributed by atoms with van der Waals surface area (Å²) >= 11 is 0. The highest BCUT2D eigenvalue weighted by atomic mass is 16.5. The number of aryl methyl sites for hydroxylation is 1. The van der Waals surface area contributed by atoms with E-state index < -0.39 is 0 Å². The van der Waals surface area contributed by atoms with Crippen LogP contribution in [0.5, 0.6) is 5.75 Å². The summed E-state index contributed by atoms with van der Waals surface area (Å²) in [6, 6.07) is 5.25. The Morgan fingerprint density at radius 1 is 1.44 bits per heavy atom. The van der Waals surface area contributed by atoms with Gasteiger partial charge in [0.15, 0.2) is 0 Å². The van der Waals surface area contributed by atoms with Crippen molar-refractivity contribution in [1.82, 2.24) is 9.78 Å². The number of carbonyl (C=O) groups excluding carboxylic acids is 1. The number of hydrogen-bond acceptors (Lipinski definition) is 3. The molecule has 0 saturated carbocycles. The standard InChI is InChI=1S/C12H12N2O2/c1-9-6-13-14(7-9)11-4-3-10(8-15)5-12(11)16-2/h3-8H,1-2H3. The Kier molecular flexibility index (Phi) is 2.72. The second-order valence-electron chi connectivity index (χ2n) is 3.51. The van der Waals surface area contributed by atoms with Crippen molar-refractivity contribution >= 4 is 6.29 Å². The van der Waals surface area contributed by atoms with E-state index in [1.54, 1.807) is 30.1 Å². The number of nitrogens with zero attached hydrogens (tertiary/aromatic N) is 2. The molecule has 1 aromatic carbocycles. The summed E-state index contributed by atoms with van der Waals surface area (Å²) in [6.45, 7) is 1.97. The predicted molar refractivity (Wildman–Crippen MR) is 60.2 cm³/mol. The molecule has 0 radical (unpaired) electrons. The van der Waals surface area contributed by atoms with Crippen LogP contribution in [0.4, 0.5) is 0 Å². The van der Waals surface area contributed by atoms with Crippen LogP contribution < -0.4 is 4.74 Å². The number of aldehydes is 1. The summed E-state index contributed by atoms with van der Waals surface area (Å²) in [5, 5.41) is 4.20. The Morgan fingerprint density at radius 2 is 2.25 bits per heavy atom. The van der Waals surface area contributed by atoms with Crippen LogP contribution in [0, 0.1) is 6.92 Å². The van der Waals surface area contributed by atoms with Crippen LogP contribution in [-0.4, -0.2) is 23.2 Å². The monoisotopic (exact) mass is 216 g/mol. The lowest BCUT2D eigenvalue weighted by molar-refractivity contribution is 0.112. The fraction of sp³-hybridized carbons (Fsp3) is 0.167. The number of rotatable bonds is 3. The van der Waals surface area contributed by atoms with E-state index in [-0.39, 0.29) is 0 Å². The van der Waals surface area contributed by atoms with E-state index in [4.69, 9.17) is 4.74 Å². The van der Waals surface area contributed by atoms with Gasteiger partial charge in [-0.15, -0.1) is 0 Å². The smallest absolute Gasteiger partial charge is 0.150 e. The Hall–Kier alpha value is -2.10. The van der Waals surface area contributed by atoms with Gasteiger partial charge in [0.25, 0.3) is 0 Å². The first-order valence-electron chi connectivity index (χ1n) is 4.89. The molecule has 1 aromatic heterocycles. The lowest BCUT2D eigenvalue weighted by Gasteiger charge is -2.08. The van der Waals surface area contributed by atoms with Crippen LogP contribution >= 0.6 is 0 Å². The summed E-state index contributed by atoms with van der Waals surface area (Å²) in [5.74, 6) is 0.632. The quantitative estimate of drug-likeness (QED) is 0.737. The summed E-state index contributed by atoms with van der Waals surface area (Å²) < 4.78 is 6.96. The van der Waals surface area contributed by atoms with Crippen molar-refractivity contribution in [3.63, 3.8) is 0 Å². The molecule has 0 aliphatic carbocycles. The average Bonchev–Trinajstić information content (AvgIpc) is 2.74. The molecule has 82 valence electrons. The number of benzene rings is 1. The minimum atomic E-state index is 0.587. The molecule has 16 heavy (non-hydrogen) atoms. The van der Waals surface area contributed by atoms with Crippen LogP contribution in [-0.2, 0) is 0 Å². The second kappa shape index (κ2) is 4.18. The summed E-state index contributed by atoms with van der Waals surface area (Å²) in [6.07, 6.45) is 4.46. The molecule has 0 aliphatic rings. The van der Waals surface area contributed by atoms with Crippen LogP contribution in [0.25, 0.3) is 5.69 Å². The molecule has 0 aliphatic heterocycles. The van der Waals surface area contributed by atoms with Gasteiger partial charge in [0.2, 0.25) is 0 Å². The van der Waals surface area contributed by atoms with Gasteiger partial charge in [0.05, 0.1) is 13.3 Å². The van der Waals surface area contributed by atoms with Gasteiger partial charge in [-0.2, -0.15) is 5.10 Å². The van der Waals surface area contributed by atoms with E-state index in [0.29, 0.717) is 11.3 Å². The fourth-order valence-electron chi connectivity index (χ4n) is 1.50. The van der Waals surface area contributed by atoms with Crippen molar-refractivity contribution in [3.05, 3.63) is 41.7 Å². The molecule has 0 bridgehead atoms. The highest BCUT2D eigenvalue weighted by Crippen LogP contribution is 2.23. The zero-order chi connectivity index (χ0) is 11.5.